The Morgan fingerprint density at radius 3 is 2.73 bits per heavy atom. The summed E-state index contributed by atoms with van der Waals surface area (Å²) in [6.45, 7) is 0. The lowest BCUT2D eigenvalue weighted by Gasteiger charge is -2.23. The molecule has 0 atom stereocenters. The van der Waals surface area contributed by atoms with Gasteiger partial charge in [-0.05, 0) is 12.8 Å². The minimum Gasteiger partial charge on any atom is -0.368 e. The Bertz CT molecular complexity index is 256. The van der Waals surface area contributed by atoms with E-state index in [2.05, 4.69) is 15.0 Å². The van der Waals surface area contributed by atoms with Gasteiger partial charge in [-0.15, -0.1) is 0 Å². The number of anilines is 1. The summed E-state index contributed by atoms with van der Waals surface area (Å²) in [6, 6.07) is 0. The molecule has 0 bridgehead atoms. The van der Waals surface area contributed by atoms with E-state index in [-0.39, 0.29) is 0 Å². The summed E-state index contributed by atoms with van der Waals surface area (Å²) in [5.41, 5.74) is 5.41. The molecule has 1 aromatic rings. The van der Waals surface area contributed by atoms with E-state index >= 15 is 0 Å². The molecule has 1 aromatic heterocycles. The van der Waals surface area contributed by atoms with E-state index in [1.54, 1.807) is 0 Å². The Labute approximate surface area is 64.9 Å². The third kappa shape index (κ3) is 1.15. The van der Waals surface area contributed by atoms with Crippen LogP contribution in [0.5, 0.6) is 0 Å². The van der Waals surface area contributed by atoms with Crippen molar-refractivity contribution < 1.29 is 0 Å². The highest BCUT2D eigenvalue weighted by atomic mass is 15.1. The molecule has 0 unspecified atom stereocenters. The van der Waals surface area contributed by atoms with Crippen LogP contribution in [0.3, 0.4) is 0 Å². The second-order valence-corrected chi connectivity index (χ2v) is 2.83. The quantitative estimate of drug-likeness (QED) is 0.640. The zero-order chi connectivity index (χ0) is 7.68. The van der Waals surface area contributed by atoms with Crippen LogP contribution >= 0.6 is 0 Å². The summed E-state index contributed by atoms with van der Waals surface area (Å²) in [5, 5.41) is 0. The average Bonchev–Trinajstić information content (AvgIpc) is 1.83. The van der Waals surface area contributed by atoms with Gasteiger partial charge in [0.05, 0.1) is 0 Å². The van der Waals surface area contributed by atoms with E-state index in [9.17, 15) is 0 Å². The van der Waals surface area contributed by atoms with E-state index in [4.69, 9.17) is 5.73 Å². The fourth-order valence-electron chi connectivity index (χ4n) is 1.19. The maximum absolute atomic E-state index is 5.41. The van der Waals surface area contributed by atoms with Crippen LogP contribution in [0, 0.1) is 0 Å². The Morgan fingerprint density at radius 1 is 1.36 bits per heavy atom. The summed E-state index contributed by atoms with van der Waals surface area (Å²) in [5.74, 6) is 1.74. The van der Waals surface area contributed by atoms with E-state index < -0.39 is 0 Å². The molecular formula is C7H10N4. The zero-order valence-electron chi connectivity index (χ0n) is 6.20. The first-order chi connectivity index (χ1) is 5.36. The number of nitrogen functional groups attached to an aromatic ring is 1. The van der Waals surface area contributed by atoms with Crippen molar-refractivity contribution in [3.05, 3.63) is 12.2 Å². The van der Waals surface area contributed by atoms with Crippen LogP contribution in [-0.2, 0) is 0 Å². The Hall–Kier alpha value is -1.19. The van der Waals surface area contributed by atoms with Crippen molar-refractivity contribution in [2.24, 2.45) is 0 Å². The average molecular weight is 150 g/mol. The van der Waals surface area contributed by atoms with Crippen molar-refractivity contribution in [1.29, 1.82) is 0 Å². The van der Waals surface area contributed by atoms with E-state index in [0.717, 1.165) is 5.82 Å². The van der Waals surface area contributed by atoms with Crippen molar-refractivity contribution in [1.82, 2.24) is 15.0 Å². The lowest BCUT2D eigenvalue weighted by molar-refractivity contribution is 0.401. The molecule has 0 amide bonds. The van der Waals surface area contributed by atoms with Gasteiger partial charge in [-0.1, -0.05) is 6.42 Å². The first kappa shape index (κ1) is 6.52. The fourth-order valence-corrected chi connectivity index (χ4v) is 1.19. The summed E-state index contributed by atoms with van der Waals surface area (Å²) < 4.78 is 0. The molecule has 58 valence electrons. The molecule has 1 heterocycles. The highest BCUT2D eigenvalue weighted by molar-refractivity contribution is 5.15. The number of rotatable bonds is 1. The standard InChI is InChI=1S/C7H10N4/c8-7-10-4-9-6(11-7)5-2-1-3-5/h4-5H,1-3H2,(H2,8,9,10,11). The van der Waals surface area contributed by atoms with Gasteiger partial charge in [0.25, 0.3) is 0 Å². The molecule has 4 heteroatoms. The number of nitrogens with zero attached hydrogens (tertiary/aromatic N) is 3. The van der Waals surface area contributed by atoms with Gasteiger partial charge >= 0.3 is 0 Å². The predicted octanol–water partition coefficient (Wildman–Crippen LogP) is 0.721. The van der Waals surface area contributed by atoms with Crippen molar-refractivity contribution in [3.63, 3.8) is 0 Å². The Kier molecular flexibility index (Phi) is 1.45. The summed E-state index contributed by atoms with van der Waals surface area (Å²) in [6.07, 6.45) is 5.17. The molecular weight excluding hydrogens is 140 g/mol. The van der Waals surface area contributed by atoms with Crippen LogP contribution in [0.25, 0.3) is 0 Å². The fraction of sp³-hybridized carbons (Fsp3) is 0.571. The minimum absolute atomic E-state index is 0.335. The summed E-state index contributed by atoms with van der Waals surface area (Å²) >= 11 is 0. The first-order valence-electron chi connectivity index (χ1n) is 3.80. The van der Waals surface area contributed by atoms with E-state index in [1.165, 1.54) is 25.6 Å². The Morgan fingerprint density at radius 2 is 2.18 bits per heavy atom. The van der Waals surface area contributed by atoms with Gasteiger partial charge in [0, 0.05) is 5.92 Å². The number of hydrogen-bond acceptors (Lipinski definition) is 4. The molecule has 1 fully saturated rings. The highest BCUT2D eigenvalue weighted by Gasteiger charge is 2.22. The largest absolute Gasteiger partial charge is 0.368 e. The molecule has 0 radical (unpaired) electrons. The summed E-state index contributed by atoms with van der Waals surface area (Å²) in [7, 11) is 0. The predicted molar refractivity (Wildman–Crippen MR) is 40.8 cm³/mol. The van der Waals surface area contributed by atoms with E-state index in [0.29, 0.717) is 11.9 Å². The van der Waals surface area contributed by atoms with Crippen LogP contribution in [0.2, 0.25) is 0 Å². The molecule has 4 nitrogen and oxygen atoms in total. The minimum atomic E-state index is 0.335. The van der Waals surface area contributed by atoms with Crippen LogP contribution in [0.1, 0.15) is 31.0 Å². The topological polar surface area (TPSA) is 64.7 Å². The second-order valence-electron chi connectivity index (χ2n) is 2.83. The van der Waals surface area contributed by atoms with Gasteiger partial charge in [0.1, 0.15) is 12.2 Å². The molecule has 2 rings (SSSR count). The third-order valence-electron chi connectivity index (χ3n) is 2.08. The van der Waals surface area contributed by atoms with Gasteiger partial charge in [0.2, 0.25) is 5.95 Å². The third-order valence-corrected chi connectivity index (χ3v) is 2.08. The molecule has 1 saturated carbocycles. The maximum Gasteiger partial charge on any atom is 0.223 e. The van der Waals surface area contributed by atoms with Crippen LogP contribution in [-0.4, -0.2) is 15.0 Å². The number of nitrogens with two attached hydrogens (primary N) is 1. The second kappa shape index (κ2) is 2.45. The van der Waals surface area contributed by atoms with Crippen LogP contribution < -0.4 is 5.73 Å². The monoisotopic (exact) mass is 150 g/mol. The van der Waals surface area contributed by atoms with Gasteiger partial charge < -0.3 is 5.73 Å². The SMILES string of the molecule is Nc1ncnc(C2CCC2)n1. The van der Waals surface area contributed by atoms with Crippen molar-refractivity contribution in [3.8, 4) is 0 Å². The van der Waals surface area contributed by atoms with Crippen molar-refractivity contribution >= 4 is 5.95 Å². The molecule has 0 aromatic carbocycles. The molecule has 1 aliphatic carbocycles. The highest BCUT2D eigenvalue weighted by Crippen LogP contribution is 2.33. The Balaban J connectivity index is 2.23. The van der Waals surface area contributed by atoms with Gasteiger partial charge in [-0.3, -0.25) is 0 Å². The smallest absolute Gasteiger partial charge is 0.223 e. The van der Waals surface area contributed by atoms with Gasteiger partial charge in [-0.2, -0.15) is 4.98 Å². The number of aromatic nitrogens is 3. The maximum atomic E-state index is 5.41. The van der Waals surface area contributed by atoms with Gasteiger partial charge in [-0.25, -0.2) is 9.97 Å². The first-order valence-corrected chi connectivity index (χ1v) is 3.80. The molecule has 0 spiro atoms. The lowest BCUT2D eigenvalue weighted by atomic mass is 9.85. The van der Waals surface area contributed by atoms with E-state index in [1.807, 2.05) is 0 Å². The van der Waals surface area contributed by atoms with Crippen LogP contribution in [0.4, 0.5) is 5.95 Å². The zero-order valence-corrected chi connectivity index (χ0v) is 6.20. The molecule has 2 N–H and O–H groups in total. The van der Waals surface area contributed by atoms with Gasteiger partial charge in [0.15, 0.2) is 0 Å². The molecule has 1 aliphatic rings. The number of hydrogen-bond donors (Lipinski definition) is 1. The molecule has 11 heavy (non-hydrogen) atoms. The van der Waals surface area contributed by atoms with Crippen molar-refractivity contribution in [2.45, 2.75) is 25.2 Å². The molecule has 0 aliphatic heterocycles. The summed E-state index contributed by atoms with van der Waals surface area (Å²) in [4.78, 5) is 11.8. The normalized spacial score (nSPS) is 17.8. The molecule has 0 saturated heterocycles. The lowest BCUT2D eigenvalue weighted by Crippen LogP contribution is -2.13. The van der Waals surface area contributed by atoms with Crippen LogP contribution in [0.15, 0.2) is 6.33 Å². The van der Waals surface area contributed by atoms with Crippen molar-refractivity contribution in [2.75, 3.05) is 5.73 Å².